The summed E-state index contributed by atoms with van der Waals surface area (Å²) in [7, 11) is -2.81. The van der Waals surface area contributed by atoms with Gasteiger partial charge in [-0.1, -0.05) is 20.3 Å². The van der Waals surface area contributed by atoms with Crippen molar-refractivity contribution in [2.75, 3.05) is 12.3 Å². The van der Waals surface area contributed by atoms with E-state index in [1.54, 1.807) is 0 Å². The molecule has 1 rings (SSSR count). The van der Waals surface area contributed by atoms with Gasteiger partial charge in [0.05, 0.1) is 11.0 Å². The Morgan fingerprint density at radius 2 is 2.08 bits per heavy atom. The number of rotatable bonds is 3. The number of nitrogens with one attached hydrogen (secondary N) is 1. The Morgan fingerprint density at radius 3 is 2.62 bits per heavy atom. The maximum absolute atomic E-state index is 11.7. The molecule has 0 aromatic rings. The Kier molecular flexibility index (Phi) is 3.74. The second-order valence-corrected chi connectivity index (χ2v) is 6.00. The highest BCUT2D eigenvalue weighted by Crippen LogP contribution is 2.18. The van der Waals surface area contributed by atoms with Crippen molar-refractivity contribution in [1.82, 2.24) is 5.32 Å². The molecular formula is C9H19NO2S. The molecule has 0 aliphatic carbocycles. The fraction of sp³-hybridized carbons (Fsp3) is 1.00. The number of sulfone groups is 1. The van der Waals surface area contributed by atoms with Gasteiger partial charge in [-0.2, -0.15) is 0 Å². The number of hydrogen-bond acceptors (Lipinski definition) is 3. The first-order valence-corrected chi connectivity index (χ1v) is 6.78. The summed E-state index contributed by atoms with van der Waals surface area (Å²) in [4.78, 5) is 0. The van der Waals surface area contributed by atoms with E-state index in [1.165, 1.54) is 0 Å². The standard InChI is InChI=1S/C9H19NO2S/c1-3-5-8-9(4-2)13(11,12)7-6-10-8/h8-10H,3-7H2,1-2H3. The van der Waals surface area contributed by atoms with Gasteiger partial charge in [-0.05, 0) is 12.8 Å². The molecule has 0 spiro atoms. The highest BCUT2D eigenvalue weighted by atomic mass is 32.2. The van der Waals surface area contributed by atoms with Crippen LogP contribution in [0.4, 0.5) is 0 Å². The molecule has 13 heavy (non-hydrogen) atoms. The van der Waals surface area contributed by atoms with E-state index in [2.05, 4.69) is 12.2 Å². The van der Waals surface area contributed by atoms with Crippen molar-refractivity contribution >= 4 is 9.84 Å². The van der Waals surface area contributed by atoms with E-state index in [-0.39, 0.29) is 11.3 Å². The summed E-state index contributed by atoms with van der Waals surface area (Å²) in [6.45, 7) is 4.68. The Hall–Kier alpha value is -0.0900. The third-order valence-corrected chi connectivity index (χ3v) is 5.06. The normalized spacial score (nSPS) is 33.1. The quantitative estimate of drug-likeness (QED) is 0.746. The molecule has 1 fully saturated rings. The first-order valence-electron chi connectivity index (χ1n) is 5.06. The molecule has 0 saturated carbocycles. The van der Waals surface area contributed by atoms with Crippen molar-refractivity contribution < 1.29 is 8.42 Å². The molecule has 1 N–H and O–H groups in total. The van der Waals surface area contributed by atoms with Gasteiger partial charge in [-0.25, -0.2) is 8.42 Å². The van der Waals surface area contributed by atoms with Crippen molar-refractivity contribution in [3.05, 3.63) is 0 Å². The summed E-state index contributed by atoms with van der Waals surface area (Å²) in [5.41, 5.74) is 0. The molecule has 4 heteroatoms. The van der Waals surface area contributed by atoms with Crippen molar-refractivity contribution in [1.29, 1.82) is 0 Å². The van der Waals surface area contributed by atoms with Gasteiger partial charge >= 0.3 is 0 Å². The van der Waals surface area contributed by atoms with Crippen LogP contribution in [0.2, 0.25) is 0 Å². The molecule has 3 nitrogen and oxygen atoms in total. The first-order chi connectivity index (χ1) is 6.11. The maximum atomic E-state index is 11.7. The molecule has 1 saturated heterocycles. The molecule has 0 bridgehead atoms. The molecule has 1 heterocycles. The molecule has 0 aromatic carbocycles. The largest absolute Gasteiger partial charge is 0.312 e. The minimum absolute atomic E-state index is 0.152. The van der Waals surface area contributed by atoms with Crippen LogP contribution >= 0.6 is 0 Å². The van der Waals surface area contributed by atoms with Gasteiger partial charge in [-0.15, -0.1) is 0 Å². The summed E-state index contributed by atoms with van der Waals surface area (Å²) >= 11 is 0. The highest BCUT2D eigenvalue weighted by Gasteiger charge is 2.34. The molecule has 78 valence electrons. The smallest absolute Gasteiger partial charge is 0.155 e. The minimum Gasteiger partial charge on any atom is -0.312 e. The third-order valence-electron chi connectivity index (χ3n) is 2.71. The van der Waals surface area contributed by atoms with Crippen LogP contribution in [0.25, 0.3) is 0 Å². The zero-order valence-electron chi connectivity index (χ0n) is 8.41. The lowest BCUT2D eigenvalue weighted by atomic mass is 10.1. The van der Waals surface area contributed by atoms with E-state index in [0.29, 0.717) is 12.3 Å². The fourth-order valence-corrected chi connectivity index (χ4v) is 4.00. The molecule has 2 unspecified atom stereocenters. The van der Waals surface area contributed by atoms with Gasteiger partial charge in [0.1, 0.15) is 0 Å². The van der Waals surface area contributed by atoms with E-state index in [1.807, 2.05) is 6.92 Å². The second-order valence-electron chi connectivity index (χ2n) is 3.66. The van der Waals surface area contributed by atoms with Crippen molar-refractivity contribution in [3.63, 3.8) is 0 Å². The van der Waals surface area contributed by atoms with E-state index in [9.17, 15) is 8.42 Å². The van der Waals surface area contributed by atoms with Crippen LogP contribution in [-0.4, -0.2) is 32.0 Å². The van der Waals surface area contributed by atoms with E-state index in [4.69, 9.17) is 0 Å². The molecule has 0 aromatic heterocycles. The van der Waals surface area contributed by atoms with Crippen molar-refractivity contribution in [3.8, 4) is 0 Å². The molecule has 0 radical (unpaired) electrons. The van der Waals surface area contributed by atoms with Gasteiger partial charge in [-0.3, -0.25) is 0 Å². The third kappa shape index (κ3) is 2.44. The van der Waals surface area contributed by atoms with Crippen LogP contribution in [0.15, 0.2) is 0 Å². The monoisotopic (exact) mass is 205 g/mol. The van der Waals surface area contributed by atoms with Crippen LogP contribution in [0.5, 0.6) is 0 Å². The zero-order valence-corrected chi connectivity index (χ0v) is 9.23. The zero-order chi connectivity index (χ0) is 9.90. The summed E-state index contributed by atoms with van der Waals surface area (Å²) in [6.07, 6.45) is 2.75. The van der Waals surface area contributed by atoms with E-state index in [0.717, 1.165) is 19.3 Å². The van der Waals surface area contributed by atoms with Gasteiger partial charge in [0.15, 0.2) is 9.84 Å². The Morgan fingerprint density at radius 1 is 1.38 bits per heavy atom. The summed E-state index contributed by atoms with van der Waals surface area (Å²) in [6, 6.07) is 0.189. The van der Waals surface area contributed by atoms with Gasteiger partial charge in [0.2, 0.25) is 0 Å². The van der Waals surface area contributed by atoms with Crippen LogP contribution in [-0.2, 0) is 9.84 Å². The molecule has 2 atom stereocenters. The molecule has 1 aliphatic heterocycles. The predicted molar refractivity (Wildman–Crippen MR) is 54.6 cm³/mol. The van der Waals surface area contributed by atoms with Crippen LogP contribution in [0.3, 0.4) is 0 Å². The van der Waals surface area contributed by atoms with Crippen molar-refractivity contribution in [2.45, 2.75) is 44.4 Å². The average Bonchev–Trinajstić information content (AvgIpc) is 2.04. The molecular weight excluding hydrogens is 186 g/mol. The van der Waals surface area contributed by atoms with Gasteiger partial charge in [0, 0.05) is 12.6 Å². The predicted octanol–water partition coefficient (Wildman–Crippen LogP) is 0.952. The van der Waals surface area contributed by atoms with Crippen LogP contribution in [0.1, 0.15) is 33.1 Å². The van der Waals surface area contributed by atoms with Gasteiger partial charge < -0.3 is 5.32 Å². The Labute approximate surface area is 80.8 Å². The lowest BCUT2D eigenvalue weighted by Gasteiger charge is -2.31. The van der Waals surface area contributed by atoms with E-state index >= 15 is 0 Å². The Bertz CT molecular complexity index is 246. The summed E-state index contributed by atoms with van der Waals surface area (Å²) < 4.78 is 23.3. The summed E-state index contributed by atoms with van der Waals surface area (Å²) in [5, 5.41) is 3.15. The average molecular weight is 205 g/mol. The topological polar surface area (TPSA) is 46.2 Å². The maximum Gasteiger partial charge on any atom is 0.155 e. The molecule has 1 aliphatic rings. The SMILES string of the molecule is CCCC1NCCS(=O)(=O)C1CC. The Balaban J connectivity index is 2.74. The number of hydrogen-bond donors (Lipinski definition) is 1. The van der Waals surface area contributed by atoms with E-state index < -0.39 is 9.84 Å². The lowest BCUT2D eigenvalue weighted by molar-refractivity contribution is 0.425. The van der Waals surface area contributed by atoms with Crippen molar-refractivity contribution in [2.24, 2.45) is 0 Å². The highest BCUT2D eigenvalue weighted by molar-refractivity contribution is 7.92. The van der Waals surface area contributed by atoms with Crippen LogP contribution in [0, 0.1) is 0 Å². The first kappa shape index (κ1) is 11.0. The lowest BCUT2D eigenvalue weighted by Crippen LogP contribution is -2.51. The fourth-order valence-electron chi connectivity index (χ4n) is 2.06. The molecule has 0 amide bonds. The van der Waals surface area contributed by atoms with Gasteiger partial charge in [0.25, 0.3) is 0 Å². The minimum atomic E-state index is -2.81. The summed E-state index contributed by atoms with van der Waals surface area (Å²) in [5.74, 6) is 0.311. The van der Waals surface area contributed by atoms with Crippen LogP contribution < -0.4 is 5.32 Å². The second kappa shape index (κ2) is 4.42.